The zero-order chi connectivity index (χ0) is 11.2. The van der Waals surface area contributed by atoms with Gasteiger partial charge in [0.15, 0.2) is 5.13 Å². The van der Waals surface area contributed by atoms with E-state index in [1.807, 2.05) is 6.92 Å². The molecule has 0 atom stereocenters. The summed E-state index contributed by atoms with van der Waals surface area (Å²) in [5.41, 5.74) is 10.2. The number of fused-ring (bicyclic) bond motifs is 1. The number of benzene rings is 1. The second kappa shape index (κ2) is 3.38. The highest BCUT2D eigenvalue weighted by Crippen LogP contribution is 2.37. The number of rotatable bonds is 1. The molecule has 2 rings (SSSR count). The molecule has 15 heavy (non-hydrogen) atoms. The monoisotopic (exact) mass is 222 g/mol. The average Bonchev–Trinajstić information content (AvgIpc) is 2.58. The number of aromatic nitrogens is 1. The van der Waals surface area contributed by atoms with Gasteiger partial charge in [-0.15, -0.1) is 0 Å². The van der Waals surface area contributed by atoms with Crippen molar-refractivity contribution in [1.29, 1.82) is 0 Å². The fraction of sp³-hybridized carbons (Fsp3) is 0.364. The van der Waals surface area contributed by atoms with E-state index in [4.69, 9.17) is 10.5 Å². The van der Waals surface area contributed by atoms with Crippen molar-refractivity contribution in [3.8, 4) is 5.75 Å². The van der Waals surface area contributed by atoms with Crippen molar-refractivity contribution < 1.29 is 4.74 Å². The van der Waals surface area contributed by atoms with Crippen molar-refractivity contribution in [2.75, 3.05) is 12.8 Å². The van der Waals surface area contributed by atoms with Crippen LogP contribution in [0, 0.1) is 20.8 Å². The van der Waals surface area contributed by atoms with Crippen LogP contribution in [0.1, 0.15) is 16.7 Å². The molecule has 0 spiro atoms. The molecule has 0 aliphatic rings. The molecule has 0 aliphatic heterocycles. The maximum atomic E-state index is 5.74. The predicted octanol–water partition coefficient (Wildman–Crippen LogP) is 2.81. The van der Waals surface area contributed by atoms with Gasteiger partial charge in [-0.2, -0.15) is 0 Å². The number of nitrogen functional groups attached to an aromatic ring is 1. The molecule has 2 N–H and O–H groups in total. The van der Waals surface area contributed by atoms with Crippen LogP contribution in [0.15, 0.2) is 0 Å². The summed E-state index contributed by atoms with van der Waals surface area (Å²) in [5, 5.41) is 0.615. The van der Waals surface area contributed by atoms with Crippen molar-refractivity contribution in [2.45, 2.75) is 20.8 Å². The van der Waals surface area contributed by atoms with E-state index in [2.05, 4.69) is 18.8 Å². The van der Waals surface area contributed by atoms with Gasteiger partial charge in [0.05, 0.1) is 17.3 Å². The van der Waals surface area contributed by atoms with Crippen LogP contribution < -0.4 is 10.5 Å². The van der Waals surface area contributed by atoms with E-state index in [0.29, 0.717) is 5.13 Å². The highest BCUT2D eigenvalue weighted by Gasteiger charge is 2.15. The van der Waals surface area contributed by atoms with Gasteiger partial charge >= 0.3 is 0 Å². The van der Waals surface area contributed by atoms with Crippen LogP contribution in [0.5, 0.6) is 5.75 Å². The van der Waals surface area contributed by atoms with Gasteiger partial charge < -0.3 is 10.5 Å². The molecule has 0 radical (unpaired) electrons. The minimum Gasteiger partial charge on any atom is -0.496 e. The lowest BCUT2D eigenvalue weighted by molar-refractivity contribution is 0.409. The number of hydrogen-bond acceptors (Lipinski definition) is 4. The van der Waals surface area contributed by atoms with Gasteiger partial charge in [-0.05, 0) is 31.9 Å². The normalized spacial score (nSPS) is 10.9. The van der Waals surface area contributed by atoms with E-state index in [1.165, 1.54) is 11.3 Å². The summed E-state index contributed by atoms with van der Waals surface area (Å²) in [5.74, 6) is 0.948. The summed E-state index contributed by atoms with van der Waals surface area (Å²) in [6.45, 7) is 6.15. The topological polar surface area (TPSA) is 48.1 Å². The Morgan fingerprint density at radius 3 is 2.40 bits per heavy atom. The third-order valence-corrected chi connectivity index (χ3v) is 3.79. The van der Waals surface area contributed by atoms with Crippen LogP contribution in [0.25, 0.3) is 10.2 Å². The summed E-state index contributed by atoms with van der Waals surface area (Å²) in [4.78, 5) is 4.35. The lowest BCUT2D eigenvalue weighted by Crippen LogP contribution is -1.94. The van der Waals surface area contributed by atoms with Crippen LogP contribution in [0.2, 0.25) is 0 Å². The van der Waals surface area contributed by atoms with Crippen molar-refractivity contribution in [2.24, 2.45) is 0 Å². The van der Waals surface area contributed by atoms with Gasteiger partial charge in [0, 0.05) is 5.56 Å². The van der Waals surface area contributed by atoms with E-state index in [-0.39, 0.29) is 0 Å². The van der Waals surface area contributed by atoms with Crippen LogP contribution in [-0.4, -0.2) is 12.1 Å². The first-order valence-corrected chi connectivity index (χ1v) is 5.57. The Labute approximate surface area is 92.9 Å². The number of thiazole rings is 1. The standard InChI is InChI=1S/C11H14N2OS/c1-5-6(2)9(14-4)7(3)10-8(5)13-11(12)15-10/h1-4H3,(H2,12,13). The third kappa shape index (κ3) is 1.36. The minimum atomic E-state index is 0.615. The van der Waals surface area contributed by atoms with E-state index in [9.17, 15) is 0 Å². The molecule has 4 heteroatoms. The molecule has 0 aliphatic carbocycles. The van der Waals surface area contributed by atoms with E-state index >= 15 is 0 Å². The minimum absolute atomic E-state index is 0.615. The summed E-state index contributed by atoms with van der Waals surface area (Å²) in [6.07, 6.45) is 0. The number of methoxy groups -OCH3 is 1. The summed E-state index contributed by atoms with van der Waals surface area (Å²) >= 11 is 1.52. The molecule has 2 aromatic rings. The molecule has 1 heterocycles. The Bertz CT molecular complexity index is 531. The molecule has 0 saturated carbocycles. The summed E-state index contributed by atoms with van der Waals surface area (Å²) < 4.78 is 6.54. The highest BCUT2D eigenvalue weighted by atomic mass is 32.1. The molecular weight excluding hydrogens is 208 g/mol. The van der Waals surface area contributed by atoms with Gasteiger partial charge in [-0.25, -0.2) is 4.98 Å². The van der Waals surface area contributed by atoms with Crippen LogP contribution >= 0.6 is 11.3 Å². The van der Waals surface area contributed by atoms with Gasteiger partial charge in [0.25, 0.3) is 0 Å². The first kappa shape index (κ1) is 10.2. The van der Waals surface area contributed by atoms with Gasteiger partial charge in [-0.3, -0.25) is 0 Å². The first-order valence-electron chi connectivity index (χ1n) is 4.76. The molecule has 3 nitrogen and oxygen atoms in total. The Morgan fingerprint density at radius 1 is 1.13 bits per heavy atom. The smallest absolute Gasteiger partial charge is 0.181 e. The Hall–Kier alpha value is -1.29. The lowest BCUT2D eigenvalue weighted by atomic mass is 10.0. The van der Waals surface area contributed by atoms with Gasteiger partial charge in [0.1, 0.15) is 5.75 Å². The zero-order valence-electron chi connectivity index (χ0n) is 9.34. The molecular formula is C11H14N2OS. The molecule has 0 amide bonds. The van der Waals surface area contributed by atoms with Gasteiger partial charge in [0.2, 0.25) is 0 Å². The second-order valence-electron chi connectivity index (χ2n) is 3.64. The highest BCUT2D eigenvalue weighted by molar-refractivity contribution is 7.22. The molecule has 1 aromatic heterocycles. The Morgan fingerprint density at radius 2 is 1.80 bits per heavy atom. The van der Waals surface area contributed by atoms with Crippen LogP contribution in [0.4, 0.5) is 5.13 Å². The fourth-order valence-electron chi connectivity index (χ4n) is 1.88. The fourth-order valence-corrected chi connectivity index (χ4v) is 2.77. The van der Waals surface area contributed by atoms with Crippen LogP contribution in [0.3, 0.4) is 0 Å². The van der Waals surface area contributed by atoms with E-state index in [1.54, 1.807) is 7.11 Å². The van der Waals surface area contributed by atoms with Gasteiger partial charge in [-0.1, -0.05) is 11.3 Å². The molecule has 0 bridgehead atoms. The van der Waals surface area contributed by atoms with E-state index < -0.39 is 0 Å². The molecule has 1 aromatic carbocycles. The number of nitrogens with two attached hydrogens (primary N) is 1. The van der Waals surface area contributed by atoms with Crippen molar-refractivity contribution in [3.05, 3.63) is 16.7 Å². The Kier molecular flexibility index (Phi) is 2.31. The van der Waals surface area contributed by atoms with Crippen molar-refractivity contribution >= 4 is 26.7 Å². The second-order valence-corrected chi connectivity index (χ2v) is 4.67. The number of hydrogen-bond donors (Lipinski definition) is 1. The summed E-state index contributed by atoms with van der Waals surface area (Å²) in [6, 6.07) is 0. The molecule has 0 unspecified atom stereocenters. The predicted molar refractivity (Wildman–Crippen MR) is 64.8 cm³/mol. The maximum absolute atomic E-state index is 5.74. The van der Waals surface area contributed by atoms with E-state index in [0.717, 1.165) is 32.7 Å². The largest absolute Gasteiger partial charge is 0.496 e. The number of ether oxygens (including phenoxy) is 1. The lowest BCUT2D eigenvalue weighted by Gasteiger charge is -2.11. The van der Waals surface area contributed by atoms with Crippen molar-refractivity contribution in [1.82, 2.24) is 4.98 Å². The zero-order valence-corrected chi connectivity index (χ0v) is 10.2. The number of nitrogens with zero attached hydrogens (tertiary/aromatic N) is 1. The SMILES string of the molecule is COc1c(C)c(C)c2nc(N)sc2c1C. The molecule has 0 saturated heterocycles. The number of anilines is 1. The Balaban J connectivity index is 2.94. The quantitative estimate of drug-likeness (QED) is 0.807. The average molecular weight is 222 g/mol. The maximum Gasteiger partial charge on any atom is 0.181 e. The number of aryl methyl sites for hydroxylation is 2. The molecule has 80 valence electrons. The first-order chi connectivity index (χ1) is 7.06. The molecule has 0 fully saturated rings. The van der Waals surface area contributed by atoms with Crippen LogP contribution in [-0.2, 0) is 0 Å². The van der Waals surface area contributed by atoms with Crippen molar-refractivity contribution in [3.63, 3.8) is 0 Å². The summed E-state index contributed by atoms with van der Waals surface area (Å²) in [7, 11) is 1.70. The third-order valence-electron chi connectivity index (χ3n) is 2.79.